The highest BCUT2D eigenvalue weighted by Crippen LogP contribution is 2.57. The summed E-state index contributed by atoms with van der Waals surface area (Å²) in [6.07, 6.45) is 0. The summed E-state index contributed by atoms with van der Waals surface area (Å²) in [6, 6.07) is 55.9. The molecular formula is C45H37N. The summed E-state index contributed by atoms with van der Waals surface area (Å²) >= 11 is 0. The molecule has 7 aromatic rings. The summed E-state index contributed by atoms with van der Waals surface area (Å²) in [6.45, 7) is 9.08. The molecule has 0 spiro atoms. The maximum Gasteiger partial charge on any atom is 0.0543 e. The van der Waals surface area contributed by atoms with Gasteiger partial charge in [-0.15, -0.1) is 0 Å². The van der Waals surface area contributed by atoms with Crippen molar-refractivity contribution in [3.63, 3.8) is 0 Å². The largest absolute Gasteiger partial charge is 0.309 e. The van der Waals surface area contributed by atoms with Gasteiger partial charge in [0.1, 0.15) is 0 Å². The van der Waals surface area contributed by atoms with Crippen LogP contribution in [0, 0.1) is 20.8 Å². The van der Waals surface area contributed by atoms with Crippen molar-refractivity contribution in [3.05, 3.63) is 185 Å². The van der Waals surface area contributed by atoms with Gasteiger partial charge in [0.05, 0.1) is 11.4 Å². The molecule has 1 aliphatic rings. The summed E-state index contributed by atoms with van der Waals surface area (Å²) in [5, 5.41) is 2.52. The zero-order valence-electron chi connectivity index (χ0n) is 26.9. The quantitative estimate of drug-likeness (QED) is 0.192. The van der Waals surface area contributed by atoms with E-state index in [1.165, 1.54) is 77.8 Å². The molecule has 0 saturated carbocycles. The van der Waals surface area contributed by atoms with Gasteiger partial charge in [-0.05, 0) is 102 Å². The van der Waals surface area contributed by atoms with E-state index >= 15 is 0 Å². The second-order valence-electron chi connectivity index (χ2n) is 12.9. The minimum absolute atomic E-state index is 0.315. The second-order valence-corrected chi connectivity index (χ2v) is 12.9. The highest BCUT2D eigenvalue weighted by Gasteiger charge is 2.42. The lowest BCUT2D eigenvalue weighted by Gasteiger charge is -2.33. The highest BCUT2D eigenvalue weighted by atomic mass is 15.1. The van der Waals surface area contributed by atoms with Crippen LogP contribution in [0.25, 0.3) is 33.0 Å². The summed E-state index contributed by atoms with van der Waals surface area (Å²) in [4.78, 5) is 2.50. The lowest BCUT2D eigenvalue weighted by atomic mass is 9.73. The Balaban J connectivity index is 1.51. The van der Waals surface area contributed by atoms with Crippen LogP contribution in [-0.2, 0) is 5.41 Å². The van der Waals surface area contributed by atoms with E-state index in [0.717, 1.165) is 5.69 Å². The van der Waals surface area contributed by atoms with Gasteiger partial charge < -0.3 is 4.90 Å². The van der Waals surface area contributed by atoms with Crippen molar-refractivity contribution >= 4 is 27.8 Å². The van der Waals surface area contributed by atoms with Gasteiger partial charge in [-0.3, -0.25) is 0 Å². The number of benzene rings is 7. The molecule has 0 bridgehead atoms. The summed E-state index contributed by atoms with van der Waals surface area (Å²) in [5.41, 5.74) is 16.2. The summed E-state index contributed by atoms with van der Waals surface area (Å²) in [7, 11) is 0. The van der Waals surface area contributed by atoms with E-state index in [2.05, 4.69) is 184 Å². The Labute approximate surface area is 272 Å². The minimum atomic E-state index is -0.315. The summed E-state index contributed by atoms with van der Waals surface area (Å²) in [5.74, 6) is 0. The fourth-order valence-corrected chi connectivity index (χ4v) is 7.77. The van der Waals surface area contributed by atoms with E-state index in [-0.39, 0.29) is 5.41 Å². The van der Waals surface area contributed by atoms with Crippen molar-refractivity contribution in [1.82, 2.24) is 0 Å². The van der Waals surface area contributed by atoms with Crippen LogP contribution < -0.4 is 4.90 Å². The van der Waals surface area contributed by atoms with E-state index in [1.807, 2.05) is 0 Å². The maximum atomic E-state index is 2.50. The lowest BCUT2D eigenvalue weighted by Crippen LogP contribution is -2.23. The van der Waals surface area contributed by atoms with Gasteiger partial charge in [-0.2, -0.15) is 0 Å². The van der Waals surface area contributed by atoms with Crippen LogP contribution in [0.3, 0.4) is 0 Å². The van der Waals surface area contributed by atoms with E-state index in [1.54, 1.807) is 0 Å². The number of anilines is 3. The van der Waals surface area contributed by atoms with Gasteiger partial charge in [-0.25, -0.2) is 0 Å². The first-order chi connectivity index (χ1) is 22.5. The number of hydrogen-bond donors (Lipinski definition) is 0. The maximum absolute atomic E-state index is 2.50. The average molecular weight is 592 g/mol. The molecule has 0 fully saturated rings. The molecule has 222 valence electrons. The van der Waals surface area contributed by atoms with Gasteiger partial charge >= 0.3 is 0 Å². The lowest BCUT2D eigenvalue weighted by molar-refractivity contribution is 0.713. The third-order valence-corrected chi connectivity index (χ3v) is 10.1. The molecule has 0 aliphatic heterocycles. The smallest absolute Gasteiger partial charge is 0.0543 e. The first-order valence-electron chi connectivity index (χ1n) is 16.2. The van der Waals surface area contributed by atoms with Crippen LogP contribution in [0.15, 0.2) is 152 Å². The van der Waals surface area contributed by atoms with Gasteiger partial charge in [0.2, 0.25) is 0 Å². The van der Waals surface area contributed by atoms with E-state index in [0.29, 0.717) is 0 Å². The molecule has 0 heterocycles. The van der Waals surface area contributed by atoms with Crippen LogP contribution in [0.5, 0.6) is 0 Å². The van der Waals surface area contributed by atoms with E-state index < -0.39 is 0 Å². The monoisotopic (exact) mass is 591 g/mol. The van der Waals surface area contributed by atoms with Crippen LogP contribution in [-0.4, -0.2) is 0 Å². The van der Waals surface area contributed by atoms with Gasteiger partial charge in [0, 0.05) is 22.1 Å². The van der Waals surface area contributed by atoms with Crippen molar-refractivity contribution in [1.29, 1.82) is 0 Å². The molecule has 1 atom stereocenters. The molecule has 0 aromatic heterocycles. The number of aryl methyl sites for hydroxylation is 3. The number of hydrogen-bond acceptors (Lipinski definition) is 1. The van der Waals surface area contributed by atoms with Crippen LogP contribution in [0.1, 0.15) is 40.3 Å². The number of rotatable bonds is 5. The van der Waals surface area contributed by atoms with Crippen LogP contribution in [0.2, 0.25) is 0 Å². The molecular weight excluding hydrogens is 555 g/mol. The molecule has 8 rings (SSSR count). The van der Waals surface area contributed by atoms with E-state index in [4.69, 9.17) is 0 Å². The SMILES string of the molecule is Cc1ccc2c(c1)C(C)(c1ccccc1)c1cc(N(c3ccccc3)c3cccc(C)c3-c3ccccc3C)c3ccccc3c1-2. The molecule has 7 aromatic carbocycles. The first-order valence-corrected chi connectivity index (χ1v) is 16.2. The Bertz CT molecular complexity index is 2250. The first kappa shape index (κ1) is 28.1. The van der Waals surface area contributed by atoms with Crippen LogP contribution in [0.4, 0.5) is 17.1 Å². The molecule has 1 nitrogen and oxygen atoms in total. The molecule has 0 saturated heterocycles. The van der Waals surface area contributed by atoms with Gasteiger partial charge in [0.25, 0.3) is 0 Å². The van der Waals surface area contributed by atoms with Gasteiger partial charge in [-0.1, -0.05) is 133 Å². The van der Waals surface area contributed by atoms with E-state index in [9.17, 15) is 0 Å². The predicted octanol–water partition coefficient (Wildman–Crippen LogP) is 12.2. The fourth-order valence-electron chi connectivity index (χ4n) is 7.77. The Morgan fingerprint density at radius 3 is 1.87 bits per heavy atom. The third kappa shape index (κ3) is 4.23. The van der Waals surface area contributed by atoms with Gasteiger partial charge in [0.15, 0.2) is 0 Å². The average Bonchev–Trinajstić information content (AvgIpc) is 3.34. The normalized spacial score (nSPS) is 15.0. The Morgan fingerprint density at radius 2 is 1.11 bits per heavy atom. The van der Waals surface area contributed by atoms with Crippen molar-refractivity contribution in [2.45, 2.75) is 33.1 Å². The predicted molar refractivity (Wildman–Crippen MR) is 196 cm³/mol. The topological polar surface area (TPSA) is 3.24 Å². The Morgan fingerprint density at radius 1 is 0.457 bits per heavy atom. The second kappa shape index (κ2) is 10.9. The number of para-hydroxylation sites is 1. The Kier molecular flexibility index (Phi) is 6.65. The van der Waals surface area contributed by atoms with Crippen LogP contribution >= 0.6 is 0 Å². The molecule has 1 heteroatoms. The van der Waals surface area contributed by atoms with Crippen molar-refractivity contribution in [2.24, 2.45) is 0 Å². The highest BCUT2D eigenvalue weighted by molar-refractivity contribution is 6.11. The number of fused-ring (bicyclic) bond motifs is 5. The third-order valence-electron chi connectivity index (χ3n) is 10.1. The van der Waals surface area contributed by atoms with Crippen molar-refractivity contribution in [3.8, 4) is 22.3 Å². The zero-order chi connectivity index (χ0) is 31.4. The summed E-state index contributed by atoms with van der Waals surface area (Å²) < 4.78 is 0. The number of nitrogens with zero attached hydrogens (tertiary/aromatic N) is 1. The standard InChI is InChI=1S/C45H37N/c1-30-26-27-38-39(28-30)45(4,33-18-7-5-8-19-33)40-29-42(36-23-13-14-24-37(36)44(38)40)46(34-20-9-6-10-21-34)41-25-15-17-32(3)43(41)35-22-12-11-16-31(35)2/h5-29H,1-4H3. The molecule has 1 unspecified atom stereocenters. The molecule has 0 amide bonds. The van der Waals surface area contributed by atoms with Crippen molar-refractivity contribution in [2.75, 3.05) is 4.90 Å². The molecule has 46 heavy (non-hydrogen) atoms. The molecule has 0 radical (unpaired) electrons. The molecule has 1 aliphatic carbocycles. The molecule has 0 N–H and O–H groups in total. The zero-order valence-corrected chi connectivity index (χ0v) is 26.9. The minimum Gasteiger partial charge on any atom is -0.309 e. The Hall–Kier alpha value is -5.40. The fraction of sp³-hybridized carbons (Fsp3) is 0.111. The van der Waals surface area contributed by atoms with Crippen molar-refractivity contribution < 1.29 is 0 Å².